The van der Waals surface area contributed by atoms with Gasteiger partial charge in [-0.3, -0.25) is 0 Å². The third kappa shape index (κ3) is 3.37. The van der Waals surface area contributed by atoms with Gasteiger partial charge in [0, 0.05) is 18.8 Å². The molecule has 0 heterocycles. The molecule has 0 rings (SSSR count). The standard InChI is InChI=1S/C11H26O6S3Si/c1-7-9-21(6,10-8-2)11(18(3,12)13,19(4,14)15)20(5,16)17/h7-10H2,1-6H3. The molecule has 0 aliphatic rings. The van der Waals surface area contributed by atoms with Crippen LogP contribution in [0.1, 0.15) is 26.7 Å². The average molecular weight is 379 g/mol. The minimum Gasteiger partial charge on any atom is -0.227 e. The number of sulfone groups is 3. The summed E-state index contributed by atoms with van der Waals surface area (Å²) in [5.41, 5.74) is 0. The lowest BCUT2D eigenvalue weighted by molar-refractivity contribution is 0.571. The van der Waals surface area contributed by atoms with Crippen LogP contribution < -0.4 is 0 Å². The molecular formula is C11H26O6S3Si. The summed E-state index contributed by atoms with van der Waals surface area (Å²) in [4.78, 5) is 0. The maximum absolute atomic E-state index is 12.4. The van der Waals surface area contributed by atoms with Gasteiger partial charge in [-0.2, -0.15) is 0 Å². The lowest BCUT2D eigenvalue weighted by Crippen LogP contribution is -2.68. The molecule has 0 spiro atoms. The van der Waals surface area contributed by atoms with Crippen molar-refractivity contribution in [2.24, 2.45) is 0 Å². The van der Waals surface area contributed by atoms with Crippen LogP contribution >= 0.6 is 0 Å². The van der Waals surface area contributed by atoms with E-state index in [4.69, 9.17) is 0 Å². The van der Waals surface area contributed by atoms with Crippen LogP contribution in [0.3, 0.4) is 0 Å². The van der Waals surface area contributed by atoms with Crippen molar-refractivity contribution in [2.75, 3.05) is 18.8 Å². The monoisotopic (exact) mass is 378 g/mol. The largest absolute Gasteiger partial charge is 0.256 e. The van der Waals surface area contributed by atoms with E-state index in [-0.39, 0.29) is 0 Å². The first-order valence-electron chi connectivity index (χ1n) is 6.71. The maximum Gasteiger partial charge on any atom is 0.256 e. The van der Waals surface area contributed by atoms with Gasteiger partial charge in [-0.15, -0.1) is 0 Å². The van der Waals surface area contributed by atoms with Crippen molar-refractivity contribution in [1.82, 2.24) is 0 Å². The Morgan fingerprint density at radius 1 is 0.714 bits per heavy atom. The van der Waals surface area contributed by atoms with Gasteiger partial charge < -0.3 is 0 Å². The molecule has 0 N–H and O–H groups in total. The summed E-state index contributed by atoms with van der Waals surface area (Å²) in [7, 11) is -16.3. The van der Waals surface area contributed by atoms with Gasteiger partial charge in [0.25, 0.3) is 3.03 Å². The maximum atomic E-state index is 12.4. The first kappa shape index (κ1) is 21.1. The molecule has 21 heavy (non-hydrogen) atoms. The minimum absolute atomic E-state index is 0.327. The zero-order valence-electron chi connectivity index (χ0n) is 13.5. The van der Waals surface area contributed by atoms with E-state index in [2.05, 4.69) is 0 Å². The molecule has 0 unspecified atom stereocenters. The molecule has 128 valence electrons. The van der Waals surface area contributed by atoms with E-state index in [0.29, 0.717) is 24.9 Å². The summed E-state index contributed by atoms with van der Waals surface area (Å²) in [6, 6.07) is 0.655. The molecule has 10 heteroatoms. The average Bonchev–Trinajstić information content (AvgIpc) is 2.09. The van der Waals surface area contributed by atoms with Gasteiger partial charge in [-0.1, -0.05) is 45.3 Å². The van der Waals surface area contributed by atoms with E-state index in [1.54, 1.807) is 20.4 Å². The normalized spacial score (nSPS) is 15.1. The molecular weight excluding hydrogens is 352 g/mol. The zero-order valence-corrected chi connectivity index (χ0v) is 17.0. The van der Waals surface area contributed by atoms with E-state index in [9.17, 15) is 25.3 Å². The van der Waals surface area contributed by atoms with Crippen molar-refractivity contribution in [2.45, 2.75) is 48.4 Å². The predicted molar refractivity (Wildman–Crippen MR) is 89.1 cm³/mol. The molecule has 0 saturated heterocycles. The summed E-state index contributed by atoms with van der Waals surface area (Å²) in [6.45, 7) is 5.19. The van der Waals surface area contributed by atoms with Crippen LogP contribution in [0.15, 0.2) is 0 Å². The van der Waals surface area contributed by atoms with Crippen LogP contribution in [0.4, 0.5) is 0 Å². The molecule has 0 saturated carbocycles. The Hall–Kier alpha value is 0.0669. The van der Waals surface area contributed by atoms with E-state index in [1.165, 1.54) is 0 Å². The molecule has 6 nitrogen and oxygen atoms in total. The molecule has 0 fully saturated rings. The Balaban J connectivity index is 7.16. The highest BCUT2D eigenvalue weighted by Gasteiger charge is 2.69. The van der Waals surface area contributed by atoms with Crippen LogP contribution in [-0.2, 0) is 29.5 Å². The van der Waals surface area contributed by atoms with Gasteiger partial charge >= 0.3 is 0 Å². The summed E-state index contributed by atoms with van der Waals surface area (Å²) in [5, 5.41) is 0. The summed E-state index contributed by atoms with van der Waals surface area (Å²) in [6.07, 6.45) is 3.28. The highest BCUT2D eigenvalue weighted by Crippen LogP contribution is 2.44. The van der Waals surface area contributed by atoms with Crippen LogP contribution in [0, 0.1) is 0 Å². The van der Waals surface area contributed by atoms with Gasteiger partial charge in [0.1, 0.15) is 8.07 Å². The van der Waals surface area contributed by atoms with Crippen LogP contribution in [0.5, 0.6) is 0 Å². The topological polar surface area (TPSA) is 102 Å². The Bertz CT molecular complexity index is 591. The van der Waals surface area contributed by atoms with Gasteiger partial charge in [0.05, 0.1) is 0 Å². The van der Waals surface area contributed by atoms with Gasteiger partial charge in [-0.05, 0) is 0 Å². The zero-order chi connectivity index (χ0) is 17.3. The van der Waals surface area contributed by atoms with Gasteiger partial charge in [0.15, 0.2) is 29.5 Å². The molecule has 0 aliphatic heterocycles. The van der Waals surface area contributed by atoms with E-state index < -0.39 is 40.6 Å². The lowest BCUT2D eigenvalue weighted by atomic mass is 10.6. The third-order valence-corrected chi connectivity index (χ3v) is 24.6. The predicted octanol–water partition coefficient (Wildman–Crippen LogP) is 1.21. The SMILES string of the molecule is CCC[Si](C)(CCC)C(S(C)(=O)=O)(S(C)(=O)=O)S(C)(=O)=O. The first-order chi connectivity index (χ1) is 9.12. The Morgan fingerprint density at radius 2 is 0.952 bits per heavy atom. The Morgan fingerprint density at radius 3 is 1.10 bits per heavy atom. The lowest BCUT2D eigenvalue weighted by Gasteiger charge is -2.42. The quantitative estimate of drug-likeness (QED) is 0.588. The molecule has 0 aliphatic carbocycles. The number of rotatable bonds is 8. The first-order valence-corrected chi connectivity index (χ1v) is 15.3. The summed E-state index contributed by atoms with van der Waals surface area (Å²) < 4.78 is 71.8. The Labute approximate surface area is 130 Å². The second kappa shape index (κ2) is 6.29. The van der Waals surface area contributed by atoms with Crippen molar-refractivity contribution in [3.63, 3.8) is 0 Å². The van der Waals surface area contributed by atoms with Crippen molar-refractivity contribution < 1.29 is 25.3 Å². The Kier molecular flexibility index (Phi) is 6.31. The molecule has 0 aromatic carbocycles. The van der Waals surface area contributed by atoms with Crippen LogP contribution in [-0.4, -0.2) is 55.1 Å². The van der Waals surface area contributed by atoms with Crippen molar-refractivity contribution in [3.05, 3.63) is 0 Å². The fourth-order valence-corrected chi connectivity index (χ4v) is 26.0. The smallest absolute Gasteiger partial charge is 0.227 e. The van der Waals surface area contributed by atoms with E-state index in [1.807, 2.05) is 0 Å². The van der Waals surface area contributed by atoms with Crippen LogP contribution in [0.2, 0.25) is 18.6 Å². The molecule has 0 atom stereocenters. The molecule has 0 radical (unpaired) electrons. The van der Waals surface area contributed by atoms with Crippen molar-refractivity contribution in [3.8, 4) is 0 Å². The number of hydrogen-bond acceptors (Lipinski definition) is 6. The molecule has 0 aromatic rings. The second-order valence-corrected chi connectivity index (χ2v) is 19.1. The van der Waals surface area contributed by atoms with E-state index >= 15 is 0 Å². The minimum atomic E-state index is -4.36. The molecule has 0 amide bonds. The summed E-state index contributed by atoms with van der Waals surface area (Å²) >= 11 is 0. The fraction of sp³-hybridized carbons (Fsp3) is 1.00. The summed E-state index contributed by atoms with van der Waals surface area (Å²) in [5.74, 6) is 0. The van der Waals surface area contributed by atoms with Crippen LogP contribution in [0.25, 0.3) is 0 Å². The highest BCUT2D eigenvalue weighted by atomic mass is 32.3. The van der Waals surface area contributed by atoms with Crippen molar-refractivity contribution in [1.29, 1.82) is 0 Å². The highest BCUT2D eigenvalue weighted by molar-refractivity contribution is 8.28. The number of hydrogen-bond donors (Lipinski definition) is 0. The second-order valence-electron chi connectivity index (χ2n) is 5.93. The van der Waals surface area contributed by atoms with Gasteiger partial charge in [-0.25, -0.2) is 25.3 Å². The third-order valence-electron chi connectivity index (χ3n) is 3.81. The fourth-order valence-electron chi connectivity index (χ4n) is 3.70. The van der Waals surface area contributed by atoms with Crippen molar-refractivity contribution >= 4 is 37.6 Å². The molecule has 0 bridgehead atoms. The molecule has 0 aromatic heterocycles. The van der Waals surface area contributed by atoms with Gasteiger partial charge in [0.2, 0.25) is 0 Å². The van der Waals surface area contributed by atoms with E-state index in [0.717, 1.165) is 18.8 Å².